The number of para-hydroxylation sites is 1. The summed E-state index contributed by atoms with van der Waals surface area (Å²) >= 11 is 0. The number of carbonyl (C=O) groups is 2. The molecule has 0 saturated heterocycles. The molecule has 0 spiro atoms. The first-order chi connectivity index (χ1) is 13.0. The predicted octanol–water partition coefficient (Wildman–Crippen LogP) is 4.00. The van der Waals surface area contributed by atoms with Crippen molar-refractivity contribution in [2.75, 3.05) is 11.9 Å². The molecule has 0 saturated carbocycles. The van der Waals surface area contributed by atoms with Crippen molar-refractivity contribution in [3.63, 3.8) is 0 Å². The molecule has 0 bridgehead atoms. The number of benzene rings is 2. The Labute approximate surface area is 157 Å². The highest BCUT2D eigenvalue weighted by Gasteiger charge is 2.15. The van der Waals surface area contributed by atoms with E-state index < -0.39 is 5.97 Å². The van der Waals surface area contributed by atoms with Crippen LogP contribution >= 0.6 is 0 Å². The Morgan fingerprint density at radius 2 is 1.78 bits per heavy atom. The van der Waals surface area contributed by atoms with Crippen molar-refractivity contribution in [1.82, 2.24) is 10.2 Å². The third-order valence-corrected chi connectivity index (χ3v) is 4.06. The molecule has 0 atom stereocenters. The molecular formula is C21H21N3O3. The summed E-state index contributed by atoms with van der Waals surface area (Å²) in [4.78, 5) is 24.3. The zero-order valence-corrected chi connectivity index (χ0v) is 15.2. The van der Waals surface area contributed by atoms with Crippen molar-refractivity contribution in [2.45, 2.75) is 19.8 Å². The molecule has 6 heteroatoms. The third-order valence-electron chi connectivity index (χ3n) is 4.06. The Kier molecular flexibility index (Phi) is 5.66. The maximum absolute atomic E-state index is 12.1. The highest BCUT2D eigenvalue weighted by atomic mass is 16.5. The molecule has 3 aromatic rings. The van der Waals surface area contributed by atoms with Gasteiger partial charge in [0, 0.05) is 11.3 Å². The molecule has 0 radical (unpaired) electrons. The molecule has 2 aromatic carbocycles. The van der Waals surface area contributed by atoms with Crippen molar-refractivity contribution >= 4 is 17.6 Å². The zero-order valence-electron chi connectivity index (χ0n) is 15.2. The topological polar surface area (TPSA) is 84.1 Å². The molecule has 0 unspecified atom stereocenters. The molecule has 1 aromatic heterocycles. The number of hydrogen-bond donors (Lipinski definition) is 2. The van der Waals surface area contributed by atoms with Crippen LogP contribution < -0.4 is 5.32 Å². The summed E-state index contributed by atoms with van der Waals surface area (Å²) in [5.74, 6) is -0.748. The van der Waals surface area contributed by atoms with Gasteiger partial charge in [-0.25, -0.2) is 4.79 Å². The van der Waals surface area contributed by atoms with Crippen LogP contribution in [0.3, 0.4) is 0 Å². The van der Waals surface area contributed by atoms with E-state index in [1.54, 1.807) is 6.07 Å². The summed E-state index contributed by atoms with van der Waals surface area (Å²) in [6, 6.07) is 18.6. The van der Waals surface area contributed by atoms with Gasteiger partial charge in [-0.1, -0.05) is 62.4 Å². The van der Waals surface area contributed by atoms with Gasteiger partial charge in [0.15, 0.2) is 6.61 Å². The SMILES string of the molecule is CC(C)c1ccccc1NC(=O)COC(=O)c1cc(-c2ccccc2)n[nH]1. The first-order valence-corrected chi connectivity index (χ1v) is 8.71. The van der Waals surface area contributed by atoms with Crippen LogP contribution in [-0.4, -0.2) is 28.7 Å². The number of aromatic nitrogens is 2. The zero-order chi connectivity index (χ0) is 19.2. The van der Waals surface area contributed by atoms with E-state index in [1.165, 1.54) is 0 Å². The summed E-state index contributed by atoms with van der Waals surface area (Å²) < 4.78 is 5.09. The largest absolute Gasteiger partial charge is 0.451 e. The number of ether oxygens (including phenoxy) is 1. The van der Waals surface area contributed by atoms with Gasteiger partial charge in [0.1, 0.15) is 5.69 Å². The lowest BCUT2D eigenvalue weighted by Gasteiger charge is -2.13. The van der Waals surface area contributed by atoms with Gasteiger partial charge < -0.3 is 10.1 Å². The van der Waals surface area contributed by atoms with Crippen LogP contribution in [0.4, 0.5) is 5.69 Å². The van der Waals surface area contributed by atoms with E-state index >= 15 is 0 Å². The Balaban J connectivity index is 1.58. The van der Waals surface area contributed by atoms with Gasteiger partial charge in [-0.2, -0.15) is 5.10 Å². The van der Waals surface area contributed by atoms with Crippen LogP contribution in [0, 0.1) is 0 Å². The van der Waals surface area contributed by atoms with Crippen molar-refractivity contribution in [3.05, 3.63) is 71.9 Å². The molecule has 2 N–H and O–H groups in total. The monoisotopic (exact) mass is 363 g/mol. The van der Waals surface area contributed by atoms with Crippen molar-refractivity contribution < 1.29 is 14.3 Å². The van der Waals surface area contributed by atoms with Crippen LogP contribution in [0.15, 0.2) is 60.7 Å². The van der Waals surface area contributed by atoms with E-state index in [4.69, 9.17) is 4.74 Å². The van der Waals surface area contributed by atoms with Crippen LogP contribution in [0.2, 0.25) is 0 Å². The smallest absolute Gasteiger partial charge is 0.356 e. The second-order valence-corrected chi connectivity index (χ2v) is 6.40. The highest BCUT2D eigenvalue weighted by Crippen LogP contribution is 2.23. The number of esters is 1. The quantitative estimate of drug-likeness (QED) is 0.649. The van der Waals surface area contributed by atoms with Gasteiger partial charge in [0.05, 0.1) is 5.69 Å². The Hall–Kier alpha value is -3.41. The average molecular weight is 363 g/mol. The number of anilines is 1. The van der Waals surface area contributed by atoms with E-state index in [2.05, 4.69) is 15.5 Å². The molecule has 0 aliphatic heterocycles. The minimum atomic E-state index is -0.628. The van der Waals surface area contributed by atoms with E-state index in [1.807, 2.05) is 68.4 Å². The van der Waals surface area contributed by atoms with Crippen LogP contribution in [-0.2, 0) is 9.53 Å². The normalized spacial score (nSPS) is 10.6. The summed E-state index contributed by atoms with van der Waals surface area (Å²) in [5.41, 5.74) is 3.47. The van der Waals surface area contributed by atoms with Gasteiger partial charge in [-0.15, -0.1) is 0 Å². The lowest BCUT2D eigenvalue weighted by Crippen LogP contribution is -2.21. The van der Waals surface area contributed by atoms with Gasteiger partial charge >= 0.3 is 5.97 Å². The molecule has 3 rings (SSSR count). The third kappa shape index (κ3) is 4.61. The first-order valence-electron chi connectivity index (χ1n) is 8.71. The van der Waals surface area contributed by atoms with Gasteiger partial charge in [-0.3, -0.25) is 9.89 Å². The first kappa shape index (κ1) is 18.4. The van der Waals surface area contributed by atoms with Gasteiger partial charge in [-0.05, 0) is 23.6 Å². The van der Waals surface area contributed by atoms with Crippen molar-refractivity contribution in [1.29, 1.82) is 0 Å². The molecule has 27 heavy (non-hydrogen) atoms. The number of hydrogen-bond acceptors (Lipinski definition) is 4. The number of H-pyrrole nitrogens is 1. The number of nitrogens with one attached hydrogen (secondary N) is 2. The number of nitrogens with zero attached hydrogens (tertiary/aromatic N) is 1. The average Bonchev–Trinajstić information content (AvgIpc) is 3.17. The molecule has 0 fully saturated rings. The number of rotatable bonds is 6. The maximum atomic E-state index is 12.1. The minimum Gasteiger partial charge on any atom is -0.451 e. The standard InChI is InChI=1S/C21H21N3O3/c1-14(2)16-10-6-7-11-17(16)22-20(25)13-27-21(26)19-12-18(23-24-19)15-8-4-3-5-9-15/h3-12,14H,13H2,1-2H3,(H,22,25)(H,23,24). The molecule has 0 aliphatic carbocycles. The summed E-state index contributed by atoms with van der Waals surface area (Å²) in [7, 11) is 0. The fourth-order valence-electron chi connectivity index (χ4n) is 2.69. The molecule has 138 valence electrons. The maximum Gasteiger partial charge on any atom is 0.356 e. The second kappa shape index (κ2) is 8.31. The summed E-state index contributed by atoms with van der Waals surface area (Å²) in [6.07, 6.45) is 0. The van der Waals surface area contributed by atoms with E-state index in [0.717, 1.165) is 16.8 Å². The second-order valence-electron chi connectivity index (χ2n) is 6.40. The van der Waals surface area contributed by atoms with Gasteiger partial charge in [0.2, 0.25) is 0 Å². The summed E-state index contributed by atoms with van der Waals surface area (Å²) in [6.45, 7) is 3.73. The minimum absolute atomic E-state index is 0.198. The molecule has 1 amide bonds. The Morgan fingerprint density at radius 1 is 1.07 bits per heavy atom. The van der Waals surface area contributed by atoms with E-state index in [0.29, 0.717) is 5.69 Å². The number of carbonyl (C=O) groups excluding carboxylic acids is 2. The van der Waals surface area contributed by atoms with Crippen LogP contribution in [0.5, 0.6) is 0 Å². The van der Waals surface area contributed by atoms with Crippen LogP contribution in [0.25, 0.3) is 11.3 Å². The molecule has 1 heterocycles. The highest BCUT2D eigenvalue weighted by molar-refractivity contribution is 5.95. The molecule has 6 nitrogen and oxygen atoms in total. The summed E-state index contributed by atoms with van der Waals surface area (Å²) in [5, 5.41) is 9.54. The van der Waals surface area contributed by atoms with E-state index in [-0.39, 0.29) is 24.1 Å². The molecule has 0 aliphatic rings. The fourth-order valence-corrected chi connectivity index (χ4v) is 2.69. The predicted molar refractivity (Wildman–Crippen MR) is 103 cm³/mol. The lowest BCUT2D eigenvalue weighted by atomic mass is 10.0. The van der Waals surface area contributed by atoms with Crippen molar-refractivity contribution in [3.8, 4) is 11.3 Å². The van der Waals surface area contributed by atoms with Crippen LogP contribution in [0.1, 0.15) is 35.8 Å². The lowest BCUT2D eigenvalue weighted by molar-refractivity contribution is -0.119. The molecular weight excluding hydrogens is 342 g/mol. The Morgan fingerprint density at radius 3 is 2.52 bits per heavy atom. The number of aromatic amines is 1. The fraction of sp³-hybridized carbons (Fsp3) is 0.190. The Bertz CT molecular complexity index is 933. The van der Waals surface area contributed by atoms with Crippen molar-refractivity contribution in [2.24, 2.45) is 0 Å². The van der Waals surface area contributed by atoms with Gasteiger partial charge in [0.25, 0.3) is 5.91 Å². The van der Waals surface area contributed by atoms with E-state index in [9.17, 15) is 9.59 Å². The number of amides is 1.